The number of nitrogens with one attached hydrogen (secondary N) is 2. The summed E-state index contributed by atoms with van der Waals surface area (Å²) in [5, 5.41) is 10.2. The van der Waals surface area contributed by atoms with E-state index in [1.807, 2.05) is 41.9 Å². The van der Waals surface area contributed by atoms with Crippen molar-refractivity contribution in [2.75, 3.05) is 10.6 Å². The molecule has 0 atom stereocenters. The fourth-order valence-corrected chi connectivity index (χ4v) is 3.23. The molecule has 30 heavy (non-hydrogen) atoms. The highest BCUT2D eigenvalue weighted by molar-refractivity contribution is 5.99. The van der Waals surface area contributed by atoms with Gasteiger partial charge >= 0.3 is 0 Å². The molecular weight excluding hydrogens is 376 g/mol. The summed E-state index contributed by atoms with van der Waals surface area (Å²) in [6.45, 7) is 9.63. The number of hydrogen-bond acceptors (Lipinski definition) is 3. The largest absolute Gasteiger partial charge is 0.323 e. The van der Waals surface area contributed by atoms with Gasteiger partial charge in [0.2, 0.25) is 11.8 Å². The van der Waals surface area contributed by atoms with Gasteiger partial charge in [-0.15, -0.1) is 0 Å². The van der Waals surface area contributed by atoms with Gasteiger partial charge in [0.15, 0.2) is 0 Å². The fraction of sp³-hybridized carbons (Fsp3) is 0.208. The van der Waals surface area contributed by atoms with E-state index in [9.17, 15) is 9.59 Å². The minimum Gasteiger partial charge on any atom is -0.323 e. The van der Waals surface area contributed by atoms with E-state index in [-0.39, 0.29) is 24.2 Å². The Kier molecular flexibility index (Phi) is 6.47. The molecule has 0 fully saturated rings. The van der Waals surface area contributed by atoms with Crippen LogP contribution in [-0.2, 0) is 16.0 Å². The van der Waals surface area contributed by atoms with Gasteiger partial charge in [-0.1, -0.05) is 50.3 Å². The average molecular weight is 402 g/mol. The van der Waals surface area contributed by atoms with Gasteiger partial charge in [-0.2, -0.15) is 5.10 Å². The third kappa shape index (κ3) is 5.03. The number of rotatable bonds is 7. The molecular formula is C24H26N4O2. The highest BCUT2D eigenvalue weighted by atomic mass is 16.2. The topological polar surface area (TPSA) is 76.0 Å². The summed E-state index contributed by atoms with van der Waals surface area (Å²) in [4.78, 5) is 24.2. The van der Waals surface area contributed by atoms with E-state index < -0.39 is 0 Å². The lowest BCUT2D eigenvalue weighted by molar-refractivity contribution is -0.115. The van der Waals surface area contributed by atoms with Crippen LogP contribution in [0.1, 0.15) is 36.6 Å². The number of carbonyl (C=O) groups is 2. The standard InChI is InChI=1S/C24H26N4O2/c1-5-22(29)26-19-8-6-7-18(13-19)14-23(30)27-21-15-25-28(24(21)16(2)3)20-11-9-17(4)10-12-20/h5-13,15-16H,1,14H2,2-4H3,(H,26,29)(H,27,30). The van der Waals surface area contributed by atoms with Crippen LogP contribution in [0.2, 0.25) is 0 Å². The monoisotopic (exact) mass is 402 g/mol. The molecule has 0 aliphatic rings. The van der Waals surface area contributed by atoms with Crippen molar-refractivity contribution in [3.63, 3.8) is 0 Å². The molecule has 0 aliphatic carbocycles. The summed E-state index contributed by atoms with van der Waals surface area (Å²) in [6, 6.07) is 15.3. The van der Waals surface area contributed by atoms with Crippen LogP contribution in [0.5, 0.6) is 0 Å². The third-order valence-electron chi connectivity index (χ3n) is 4.65. The van der Waals surface area contributed by atoms with E-state index in [2.05, 4.69) is 36.2 Å². The van der Waals surface area contributed by atoms with Crippen LogP contribution in [0.4, 0.5) is 11.4 Å². The molecule has 3 rings (SSSR count). The van der Waals surface area contributed by atoms with Crippen LogP contribution in [0.3, 0.4) is 0 Å². The van der Waals surface area contributed by atoms with Gasteiger partial charge in [0.05, 0.1) is 29.7 Å². The first-order chi connectivity index (χ1) is 14.4. The van der Waals surface area contributed by atoms with Crippen LogP contribution < -0.4 is 10.6 Å². The lowest BCUT2D eigenvalue weighted by Gasteiger charge is -2.14. The second-order valence-corrected chi connectivity index (χ2v) is 7.46. The van der Waals surface area contributed by atoms with E-state index in [0.29, 0.717) is 11.4 Å². The summed E-state index contributed by atoms with van der Waals surface area (Å²) in [6.07, 6.45) is 3.08. The van der Waals surface area contributed by atoms with Gasteiger partial charge in [0.1, 0.15) is 0 Å². The molecule has 0 radical (unpaired) electrons. The number of carbonyl (C=O) groups excluding carboxylic acids is 2. The Labute approximate surface area is 176 Å². The summed E-state index contributed by atoms with van der Waals surface area (Å²) in [5.74, 6) is -0.268. The quantitative estimate of drug-likeness (QED) is 0.567. The molecule has 0 bridgehead atoms. The van der Waals surface area contributed by atoms with Crippen LogP contribution in [0.25, 0.3) is 5.69 Å². The second kappa shape index (κ2) is 9.22. The van der Waals surface area contributed by atoms with Crippen molar-refractivity contribution in [1.82, 2.24) is 9.78 Å². The van der Waals surface area contributed by atoms with Crippen molar-refractivity contribution in [3.8, 4) is 5.69 Å². The molecule has 2 amide bonds. The molecule has 0 aliphatic heterocycles. The number of anilines is 2. The van der Waals surface area contributed by atoms with Crippen molar-refractivity contribution in [2.24, 2.45) is 0 Å². The molecule has 6 nitrogen and oxygen atoms in total. The molecule has 0 saturated carbocycles. The lowest BCUT2D eigenvalue weighted by Crippen LogP contribution is -2.16. The Hall–Kier alpha value is -3.67. The molecule has 154 valence electrons. The second-order valence-electron chi connectivity index (χ2n) is 7.46. The van der Waals surface area contributed by atoms with Crippen molar-refractivity contribution in [1.29, 1.82) is 0 Å². The Morgan fingerprint density at radius 3 is 2.53 bits per heavy atom. The van der Waals surface area contributed by atoms with Crippen LogP contribution in [0.15, 0.2) is 67.4 Å². The normalized spacial score (nSPS) is 10.7. The number of benzene rings is 2. The molecule has 2 aromatic carbocycles. The Morgan fingerprint density at radius 2 is 1.87 bits per heavy atom. The van der Waals surface area contributed by atoms with E-state index >= 15 is 0 Å². The molecule has 0 unspecified atom stereocenters. The minimum absolute atomic E-state index is 0.146. The van der Waals surface area contributed by atoms with Gasteiger partial charge in [0, 0.05) is 5.69 Å². The molecule has 1 heterocycles. The van der Waals surface area contributed by atoms with Crippen LogP contribution >= 0.6 is 0 Å². The van der Waals surface area contributed by atoms with Gasteiger partial charge in [-0.05, 0) is 48.7 Å². The van der Waals surface area contributed by atoms with E-state index in [1.165, 1.54) is 11.6 Å². The predicted molar refractivity (Wildman–Crippen MR) is 120 cm³/mol. The molecule has 1 aromatic heterocycles. The molecule has 3 aromatic rings. The number of aryl methyl sites for hydroxylation is 1. The van der Waals surface area contributed by atoms with Crippen LogP contribution in [0, 0.1) is 6.92 Å². The summed E-state index contributed by atoms with van der Waals surface area (Å²) in [5.41, 5.74) is 5.20. The molecule has 0 spiro atoms. The highest BCUT2D eigenvalue weighted by Crippen LogP contribution is 2.27. The highest BCUT2D eigenvalue weighted by Gasteiger charge is 2.17. The predicted octanol–water partition coefficient (Wildman–Crippen LogP) is 4.61. The smallest absolute Gasteiger partial charge is 0.247 e. The number of nitrogens with zero attached hydrogens (tertiary/aromatic N) is 2. The Balaban J connectivity index is 1.77. The van der Waals surface area contributed by atoms with E-state index in [0.717, 1.165) is 16.9 Å². The zero-order valence-electron chi connectivity index (χ0n) is 17.5. The van der Waals surface area contributed by atoms with Crippen molar-refractivity contribution in [3.05, 3.63) is 84.2 Å². The molecule has 2 N–H and O–H groups in total. The van der Waals surface area contributed by atoms with Gasteiger partial charge in [-0.3, -0.25) is 9.59 Å². The maximum atomic E-state index is 12.7. The molecule has 0 saturated heterocycles. The Morgan fingerprint density at radius 1 is 1.13 bits per heavy atom. The van der Waals surface area contributed by atoms with Crippen molar-refractivity contribution < 1.29 is 9.59 Å². The first-order valence-electron chi connectivity index (χ1n) is 9.84. The SMILES string of the molecule is C=CC(=O)Nc1cccc(CC(=O)Nc2cnn(-c3ccc(C)cc3)c2C(C)C)c1. The molecule has 6 heteroatoms. The minimum atomic E-state index is -0.290. The first-order valence-corrected chi connectivity index (χ1v) is 9.84. The van der Waals surface area contributed by atoms with E-state index in [1.54, 1.807) is 24.4 Å². The summed E-state index contributed by atoms with van der Waals surface area (Å²) >= 11 is 0. The maximum absolute atomic E-state index is 12.7. The van der Waals surface area contributed by atoms with Crippen LogP contribution in [-0.4, -0.2) is 21.6 Å². The number of hydrogen-bond donors (Lipinski definition) is 2. The lowest BCUT2D eigenvalue weighted by atomic mass is 10.1. The van der Waals surface area contributed by atoms with E-state index in [4.69, 9.17) is 0 Å². The Bertz CT molecular complexity index is 1070. The average Bonchev–Trinajstić information content (AvgIpc) is 3.12. The van der Waals surface area contributed by atoms with Crippen molar-refractivity contribution >= 4 is 23.2 Å². The first kappa shape index (κ1) is 21.0. The third-order valence-corrected chi connectivity index (χ3v) is 4.65. The van der Waals surface area contributed by atoms with Gasteiger partial charge in [0.25, 0.3) is 0 Å². The number of amides is 2. The maximum Gasteiger partial charge on any atom is 0.247 e. The number of aromatic nitrogens is 2. The van der Waals surface area contributed by atoms with Gasteiger partial charge < -0.3 is 10.6 Å². The van der Waals surface area contributed by atoms with Gasteiger partial charge in [-0.25, -0.2) is 4.68 Å². The van der Waals surface area contributed by atoms with Crippen molar-refractivity contribution in [2.45, 2.75) is 33.1 Å². The fourth-order valence-electron chi connectivity index (χ4n) is 3.23. The zero-order valence-corrected chi connectivity index (χ0v) is 17.5. The summed E-state index contributed by atoms with van der Waals surface area (Å²) < 4.78 is 1.87. The zero-order chi connectivity index (χ0) is 21.7. The summed E-state index contributed by atoms with van der Waals surface area (Å²) in [7, 11) is 0.